The van der Waals surface area contributed by atoms with Crippen LogP contribution in [-0.2, 0) is 47.6 Å². The summed E-state index contributed by atoms with van der Waals surface area (Å²) in [7, 11) is 0. The summed E-state index contributed by atoms with van der Waals surface area (Å²) in [5.74, 6) is -3.04. The maximum absolute atomic E-state index is 14.8. The Morgan fingerprint density at radius 2 is 1.75 bits per heavy atom. The number of aliphatic hydroxyl groups excluding tert-OH is 1. The normalized spacial score (nSPS) is 40.2. The lowest BCUT2D eigenvalue weighted by Gasteiger charge is -2.65. The lowest BCUT2D eigenvalue weighted by Crippen LogP contribution is -2.78. The number of hydrogen-bond donors (Lipinski definition) is 1. The lowest BCUT2D eigenvalue weighted by atomic mass is 9.45. The van der Waals surface area contributed by atoms with E-state index >= 15 is 0 Å². The second-order valence-corrected chi connectivity index (χ2v) is 14.2. The predicted molar refractivity (Wildman–Crippen MR) is 151 cm³/mol. The Kier molecular flexibility index (Phi) is 7.97. The predicted octanol–water partition coefficient (Wildman–Crippen LogP) is 3.35. The maximum atomic E-state index is 14.8. The molecule has 5 rings (SSSR count). The first kappa shape index (κ1) is 32.4. The van der Waals surface area contributed by atoms with Crippen LogP contribution in [0.2, 0.25) is 0 Å². The van der Waals surface area contributed by atoms with E-state index in [1.165, 1.54) is 13.8 Å². The fraction of sp³-hybridized carbons (Fsp3) is 0.781. The summed E-state index contributed by atoms with van der Waals surface area (Å²) in [4.78, 5) is 66.2. The molecule has 2 saturated carbocycles. The van der Waals surface area contributed by atoms with Crippen LogP contribution in [0.3, 0.4) is 0 Å². The molecule has 0 radical (unpaired) electrons. The molecule has 5 aliphatic rings. The quantitative estimate of drug-likeness (QED) is 0.251. The number of fused-ring (bicyclic) bond motifs is 4. The van der Waals surface area contributed by atoms with Crippen LogP contribution < -0.4 is 0 Å². The van der Waals surface area contributed by atoms with E-state index in [0.717, 1.165) is 6.42 Å². The molecule has 12 nitrogen and oxygen atoms in total. The minimum absolute atomic E-state index is 0.0104. The van der Waals surface area contributed by atoms with Gasteiger partial charge in [-0.3, -0.25) is 19.2 Å². The zero-order valence-corrected chi connectivity index (χ0v) is 26.7. The van der Waals surface area contributed by atoms with Crippen LogP contribution in [-0.4, -0.2) is 83.3 Å². The van der Waals surface area contributed by atoms with Crippen molar-refractivity contribution in [1.29, 1.82) is 0 Å². The molecule has 9 atom stereocenters. The van der Waals surface area contributed by atoms with E-state index in [1.807, 2.05) is 0 Å². The van der Waals surface area contributed by atoms with Gasteiger partial charge in [-0.1, -0.05) is 34.1 Å². The Bertz CT molecular complexity index is 1300. The van der Waals surface area contributed by atoms with Crippen LogP contribution in [0.4, 0.5) is 4.79 Å². The molecule has 3 aliphatic carbocycles. The summed E-state index contributed by atoms with van der Waals surface area (Å²) in [6, 6.07) is 0. The van der Waals surface area contributed by atoms with E-state index in [4.69, 9.17) is 28.4 Å². The largest absolute Gasteiger partial charge is 0.509 e. The highest BCUT2D eigenvalue weighted by atomic mass is 16.8. The van der Waals surface area contributed by atoms with Crippen molar-refractivity contribution in [3.05, 3.63) is 11.1 Å². The van der Waals surface area contributed by atoms with Crippen molar-refractivity contribution in [1.82, 2.24) is 0 Å². The summed E-state index contributed by atoms with van der Waals surface area (Å²) in [6.07, 6.45) is -5.42. The van der Waals surface area contributed by atoms with Gasteiger partial charge in [0, 0.05) is 38.0 Å². The van der Waals surface area contributed by atoms with Gasteiger partial charge in [-0.2, -0.15) is 0 Å². The molecule has 0 aromatic carbocycles. The van der Waals surface area contributed by atoms with Crippen molar-refractivity contribution < 1.29 is 57.5 Å². The van der Waals surface area contributed by atoms with Crippen LogP contribution >= 0.6 is 0 Å². The van der Waals surface area contributed by atoms with Gasteiger partial charge in [0.1, 0.15) is 6.10 Å². The monoisotopic (exact) mass is 620 g/mol. The van der Waals surface area contributed by atoms with Crippen molar-refractivity contribution in [2.45, 2.75) is 129 Å². The van der Waals surface area contributed by atoms with Crippen LogP contribution in [0.25, 0.3) is 0 Å². The van der Waals surface area contributed by atoms with Gasteiger partial charge in [-0.05, 0) is 43.8 Å². The summed E-state index contributed by atoms with van der Waals surface area (Å²) >= 11 is 0. The molecule has 1 N–H and O–H groups in total. The first-order valence-electron chi connectivity index (χ1n) is 15.4. The average molecular weight is 621 g/mol. The third kappa shape index (κ3) is 4.57. The number of hydrogen-bond acceptors (Lipinski definition) is 12. The molecule has 2 bridgehead atoms. The molecule has 2 heterocycles. The molecular weight excluding hydrogens is 576 g/mol. The number of Topliss-reactive ketones (excluding diaryl/α,β-unsaturated/α-hetero) is 1. The smallest absolute Gasteiger partial charge is 0.454 e. The topological polar surface area (TPSA) is 161 Å². The van der Waals surface area contributed by atoms with E-state index in [2.05, 4.69) is 13.8 Å². The molecule has 44 heavy (non-hydrogen) atoms. The number of rotatable bonds is 7. The van der Waals surface area contributed by atoms with Crippen LogP contribution in [0, 0.1) is 22.7 Å². The van der Waals surface area contributed by atoms with Crippen molar-refractivity contribution in [2.24, 2.45) is 22.7 Å². The highest BCUT2D eigenvalue weighted by Gasteiger charge is 2.78. The van der Waals surface area contributed by atoms with E-state index in [-0.39, 0.29) is 25.9 Å². The van der Waals surface area contributed by atoms with Gasteiger partial charge in [0.2, 0.25) is 0 Å². The van der Waals surface area contributed by atoms with Gasteiger partial charge in [0.15, 0.2) is 35.3 Å². The third-order valence-electron chi connectivity index (χ3n) is 10.9. The molecule has 1 unspecified atom stereocenters. The summed E-state index contributed by atoms with van der Waals surface area (Å²) in [5.41, 5.74) is -5.07. The Morgan fingerprint density at radius 3 is 2.32 bits per heavy atom. The van der Waals surface area contributed by atoms with Gasteiger partial charge in [0.25, 0.3) is 0 Å². The van der Waals surface area contributed by atoms with E-state index < -0.39 is 88.3 Å². The highest BCUT2D eigenvalue weighted by molar-refractivity contribution is 5.95. The highest BCUT2D eigenvalue weighted by Crippen LogP contribution is 2.66. The van der Waals surface area contributed by atoms with E-state index in [1.54, 1.807) is 27.7 Å². The molecule has 4 fully saturated rings. The molecule has 2 aliphatic heterocycles. The van der Waals surface area contributed by atoms with Gasteiger partial charge < -0.3 is 33.5 Å². The molecule has 1 spiro atoms. The number of ether oxygens (including phenoxy) is 6. The molecule has 2 saturated heterocycles. The van der Waals surface area contributed by atoms with Crippen LogP contribution in [0.5, 0.6) is 0 Å². The average Bonchev–Trinajstić information content (AvgIpc) is 3.25. The summed E-state index contributed by atoms with van der Waals surface area (Å²) in [5, 5.41) is 11.6. The number of carbonyl (C=O) groups excluding carboxylic acids is 5. The van der Waals surface area contributed by atoms with Gasteiger partial charge in [0.05, 0.1) is 18.1 Å². The summed E-state index contributed by atoms with van der Waals surface area (Å²) in [6.45, 7) is 13.2. The zero-order chi connectivity index (χ0) is 32.6. The van der Waals surface area contributed by atoms with Gasteiger partial charge >= 0.3 is 24.1 Å². The SMILES string of the molecule is CC(=O)O[C@H]1C(=O)[C@@]2(C)C(C[C@]34OC(=O)O[C@H]3[C@H](OC(=O)CCCC(C)C)C(C)=C1C4(C)C)[C@]1(OC(C)=O)CO[C@@H]1C[C@@H]2O. The maximum Gasteiger partial charge on any atom is 0.509 e. The van der Waals surface area contributed by atoms with Crippen molar-refractivity contribution >= 4 is 29.8 Å². The Labute approximate surface area is 257 Å². The minimum atomic E-state index is -1.63. The van der Waals surface area contributed by atoms with Gasteiger partial charge in [-0.15, -0.1) is 0 Å². The number of ketones is 1. The Balaban J connectivity index is 1.73. The first-order valence-corrected chi connectivity index (χ1v) is 15.4. The molecule has 0 amide bonds. The van der Waals surface area contributed by atoms with Crippen molar-refractivity contribution in [3.63, 3.8) is 0 Å². The zero-order valence-electron chi connectivity index (χ0n) is 26.7. The summed E-state index contributed by atoms with van der Waals surface area (Å²) < 4.78 is 35.5. The second kappa shape index (κ2) is 10.8. The van der Waals surface area contributed by atoms with Crippen LogP contribution in [0.15, 0.2) is 11.1 Å². The number of aliphatic hydroxyl groups is 1. The van der Waals surface area contributed by atoms with E-state index in [9.17, 15) is 29.1 Å². The molecule has 244 valence electrons. The molecular formula is C32H44O12. The van der Waals surface area contributed by atoms with Crippen molar-refractivity contribution in [3.8, 4) is 0 Å². The van der Waals surface area contributed by atoms with Gasteiger partial charge in [-0.25, -0.2) is 4.79 Å². The number of carbonyl (C=O) groups is 5. The fourth-order valence-electron chi connectivity index (χ4n) is 8.57. The molecule has 12 heteroatoms. The van der Waals surface area contributed by atoms with E-state index in [0.29, 0.717) is 23.5 Å². The Hall–Kier alpha value is -2.99. The lowest BCUT2D eigenvalue weighted by molar-refractivity contribution is -0.327. The Morgan fingerprint density at radius 1 is 1.07 bits per heavy atom. The third-order valence-corrected chi connectivity index (χ3v) is 10.9. The fourth-order valence-corrected chi connectivity index (χ4v) is 8.57. The molecule has 0 aromatic rings. The van der Waals surface area contributed by atoms with Crippen molar-refractivity contribution in [2.75, 3.05) is 6.61 Å². The molecule has 0 aromatic heterocycles. The standard InChI is InChI=1S/C32H44O12/c1-15(2)10-9-11-22(36)41-24-16(3)23-25(40-17(4)33)26(37)30(8)19(13-32(29(23,6)7)27(24)42-28(38)44-32)31(43-18(5)34)14-39-21(31)12-20(30)35/h15,19-21,24-25,27,35H,9-14H2,1-8H3/t19?,20-,21+,24+,25+,27-,30-,31+,32-/m0/s1. The second-order valence-electron chi connectivity index (χ2n) is 14.2. The van der Waals surface area contributed by atoms with Crippen LogP contribution in [0.1, 0.15) is 87.5 Å². The minimum Gasteiger partial charge on any atom is -0.454 e. The first-order chi connectivity index (χ1) is 20.4. The number of esters is 3.